The SMILES string of the molecule is Brc1ccsc1-c1cccs1.c1ccc2cc3ccccc3cc2c1. The second-order valence-corrected chi connectivity index (χ2v) is 8.34. The van der Waals surface area contributed by atoms with E-state index in [0.717, 1.165) is 0 Å². The highest BCUT2D eigenvalue weighted by atomic mass is 79.9. The van der Waals surface area contributed by atoms with Crippen LogP contribution in [0.3, 0.4) is 0 Å². The first-order valence-corrected chi connectivity index (χ1v) is 10.5. The summed E-state index contributed by atoms with van der Waals surface area (Å²) in [5.41, 5.74) is 0. The maximum absolute atomic E-state index is 3.50. The summed E-state index contributed by atoms with van der Waals surface area (Å²) in [6.07, 6.45) is 0. The first-order chi connectivity index (χ1) is 12.3. The van der Waals surface area contributed by atoms with Crippen molar-refractivity contribution in [2.24, 2.45) is 0 Å². The lowest BCUT2D eigenvalue weighted by molar-refractivity contribution is 1.76. The molecule has 25 heavy (non-hydrogen) atoms. The van der Waals surface area contributed by atoms with Crippen molar-refractivity contribution in [3.8, 4) is 9.75 Å². The zero-order valence-corrected chi connectivity index (χ0v) is 16.6. The Morgan fingerprint density at radius 1 is 0.560 bits per heavy atom. The van der Waals surface area contributed by atoms with Crippen LogP contribution >= 0.6 is 38.6 Å². The Kier molecular flexibility index (Phi) is 4.97. The van der Waals surface area contributed by atoms with E-state index < -0.39 is 0 Å². The molecule has 0 aliphatic rings. The van der Waals surface area contributed by atoms with E-state index in [0.29, 0.717) is 0 Å². The minimum Gasteiger partial charge on any atom is -0.143 e. The van der Waals surface area contributed by atoms with Gasteiger partial charge in [-0.1, -0.05) is 54.6 Å². The molecule has 3 aromatic carbocycles. The molecule has 0 spiro atoms. The van der Waals surface area contributed by atoms with Crippen molar-refractivity contribution in [3.63, 3.8) is 0 Å². The minimum atomic E-state index is 1.20. The summed E-state index contributed by atoms with van der Waals surface area (Å²) in [5, 5.41) is 9.44. The maximum atomic E-state index is 3.50. The van der Waals surface area contributed by atoms with Gasteiger partial charge in [-0.25, -0.2) is 0 Å². The van der Waals surface area contributed by atoms with Gasteiger partial charge in [-0.05, 0) is 72.5 Å². The molecule has 5 rings (SSSR count). The molecule has 122 valence electrons. The van der Waals surface area contributed by atoms with Crippen molar-refractivity contribution in [2.75, 3.05) is 0 Å². The molecule has 0 saturated heterocycles. The molecule has 0 radical (unpaired) electrons. The van der Waals surface area contributed by atoms with Gasteiger partial charge in [0.15, 0.2) is 0 Å². The minimum absolute atomic E-state index is 1.20. The lowest BCUT2D eigenvalue weighted by atomic mass is 10.0. The number of benzene rings is 3. The molecular formula is C22H15BrS2. The zero-order valence-electron chi connectivity index (χ0n) is 13.4. The second-order valence-electron chi connectivity index (χ2n) is 5.62. The Labute approximate surface area is 163 Å². The van der Waals surface area contributed by atoms with Crippen molar-refractivity contribution in [3.05, 3.63) is 94.1 Å². The van der Waals surface area contributed by atoms with Crippen LogP contribution in [0.15, 0.2) is 94.1 Å². The van der Waals surface area contributed by atoms with Gasteiger partial charge in [0.05, 0.1) is 4.88 Å². The van der Waals surface area contributed by atoms with Gasteiger partial charge in [0, 0.05) is 9.35 Å². The lowest BCUT2D eigenvalue weighted by Gasteiger charge is -2.00. The van der Waals surface area contributed by atoms with Crippen LogP contribution in [0.25, 0.3) is 31.3 Å². The molecule has 2 heterocycles. The van der Waals surface area contributed by atoms with E-state index in [2.05, 4.69) is 106 Å². The van der Waals surface area contributed by atoms with Crippen LogP contribution in [-0.2, 0) is 0 Å². The Balaban J connectivity index is 0.000000129. The molecule has 0 fully saturated rings. The highest BCUT2D eigenvalue weighted by Crippen LogP contribution is 2.35. The van der Waals surface area contributed by atoms with Crippen LogP contribution in [0.1, 0.15) is 0 Å². The predicted molar refractivity (Wildman–Crippen MR) is 117 cm³/mol. The molecule has 0 aliphatic carbocycles. The molecule has 0 unspecified atom stereocenters. The molecular weight excluding hydrogens is 408 g/mol. The summed E-state index contributed by atoms with van der Waals surface area (Å²) in [7, 11) is 0. The maximum Gasteiger partial charge on any atom is 0.0584 e. The van der Waals surface area contributed by atoms with Gasteiger partial charge in [0.2, 0.25) is 0 Å². The van der Waals surface area contributed by atoms with E-state index in [1.807, 2.05) is 0 Å². The smallest absolute Gasteiger partial charge is 0.0584 e. The molecule has 2 aromatic heterocycles. The number of hydrogen-bond acceptors (Lipinski definition) is 2. The molecule has 0 nitrogen and oxygen atoms in total. The van der Waals surface area contributed by atoms with Crippen LogP contribution < -0.4 is 0 Å². The van der Waals surface area contributed by atoms with Crippen LogP contribution in [0.2, 0.25) is 0 Å². The van der Waals surface area contributed by atoms with Crippen molar-refractivity contribution in [1.29, 1.82) is 0 Å². The molecule has 0 N–H and O–H groups in total. The van der Waals surface area contributed by atoms with Gasteiger partial charge in [-0.3, -0.25) is 0 Å². The predicted octanol–water partition coefficient (Wildman–Crippen LogP) is 8.23. The standard InChI is InChI=1S/C14H10.C8H5BrS2/c1-2-6-12-10-14-8-4-3-7-13(14)9-11(12)5-1;9-6-3-5-11-8(6)7-2-1-4-10-7/h1-10H;1-5H. The van der Waals surface area contributed by atoms with Gasteiger partial charge in [-0.15, -0.1) is 22.7 Å². The van der Waals surface area contributed by atoms with Crippen LogP contribution in [0.4, 0.5) is 0 Å². The van der Waals surface area contributed by atoms with Crippen LogP contribution in [0.5, 0.6) is 0 Å². The third-order valence-corrected chi connectivity index (χ3v) is 6.86. The Morgan fingerprint density at radius 3 is 1.52 bits per heavy atom. The summed E-state index contributed by atoms with van der Waals surface area (Å²) in [4.78, 5) is 2.67. The number of hydrogen-bond donors (Lipinski definition) is 0. The van der Waals surface area contributed by atoms with Gasteiger partial charge in [0.25, 0.3) is 0 Å². The number of rotatable bonds is 1. The third kappa shape index (κ3) is 3.69. The van der Waals surface area contributed by atoms with Gasteiger partial charge >= 0.3 is 0 Å². The summed E-state index contributed by atoms with van der Waals surface area (Å²) >= 11 is 7.05. The van der Waals surface area contributed by atoms with Crippen LogP contribution in [-0.4, -0.2) is 0 Å². The summed E-state index contributed by atoms with van der Waals surface area (Å²) in [6.45, 7) is 0. The highest BCUT2D eigenvalue weighted by molar-refractivity contribution is 9.10. The highest BCUT2D eigenvalue weighted by Gasteiger charge is 2.03. The quantitative estimate of drug-likeness (QED) is 0.238. The Hall–Kier alpha value is -1.94. The van der Waals surface area contributed by atoms with Crippen molar-refractivity contribution in [2.45, 2.75) is 0 Å². The van der Waals surface area contributed by atoms with Crippen LogP contribution in [0, 0.1) is 0 Å². The average molecular weight is 423 g/mol. The largest absolute Gasteiger partial charge is 0.143 e. The molecule has 0 saturated carbocycles. The third-order valence-electron chi connectivity index (χ3n) is 3.98. The lowest BCUT2D eigenvalue weighted by Crippen LogP contribution is -1.74. The molecule has 0 amide bonds. The average Bonchev–Trinajstić information content (AvgIpc) is 3.31. The molecule has 3 heteroatoms. The fraction of sp³-hybridized carbons (Fsp3) is 0. The Bertz CT molecular complexity index is 1000. The topological polar surface area (TPSA) is 0 Å². The van der Waals surface area contributed by atoms with Gasteiger partial charge in [-0.2, -0.15) is 0 Å². The van der Waals surface area contributed by atoms with E-state index in [1.165, 1.54) is 35.8 Å². The molecule has 0 atom stereocenters. The zero-order chi connectivity index (χ0) is 17.1. The molecule has 5 aromatic rings. The molecule has 0 aliphatic heterocycles. The fourth-order valence-corrected chi connectivity index (χ4v) is 5.36. The fourth-order valence-electron chi connectivity index (χ4n) is 2.76. The monoisotopic (exact) mass is 422 g/mol. The van der Waals surface area contributed by atoms with Crippen molar-refractivity contribution in [1.82, 2.24) is 0 Å². The van der Waals surface area contributed by atoms with E-state index >= 15 is 0 Å². The number of fused-ring (bicyclic) bond motifs is 2. The van der Waals surface area contributed by atoms with Crippen molar-refractivity contribution >= 4 is 60.1 Å². The van der Waals surface area contributed by atoms with E-state index in [-0.39, 0.29) is 0 Å². The van der Waals surface area contributed by atoms with Gasteiger partial charge < -0.3 is 0 Å². The number of thiophene rings is 2. The first-order valence-electron chi connectivity index (χ1n) is 7.96. The second kappa shape index (κ2) is 7.52. The first kappa shape index (κ1) is 16.5. The van der Waals surface area contributed by atoms with E-state index in [1.54, 1.807) is 22.7 Å². The van der Waals surface area contributed by atoms with Crippen molar-refractivity contribution < 1.29 is 0 Å². The summed E-state index contributed by atoms with van der Waals surface area (Å²) in [5.74, 6) is 0. The Morgan fingerprint density at radius 2 is 1.12 bits per heavy atom. The summed E-state index contributed by atoms with van der Waals surface area (Å²) in [6, 6.07) is 27.7. The van der Waals surface area contributed by atoms with Gasteiger partial charge in [0.1, 0.15) is 0 Å². The van der Waals surface area contributed by atoms with E-state index in [4.69, 9.17) is 0 Å². The number of halogens is 1. The normalized spacial score (nSPS) is 10.6. The molecule has 0 bridgehead atoms. The van der Waals surface area contributed by atoms with E-state index in [9.17, 15) is 0 Å². The summed E-state index contributed by atoms with van der Waals surface area (Å²) < 4.78 is 1.20.